The quantitative estimate of drug-likeness (QED) is 0.229. The Bertz CT molecular complexity index is 1250. The molecule has 1 heterocycles. The van der Waals surface area contributed by atoms with Crippen molar-refractivity contribution in [2.75, 3.05) is 6.54 Å². The summed E-state index contributed by atoms with van der Waals surface area (Å²) in [5.74, 6) is 0.311. The number of allylic oxidation sites excluding steroid dienone is 2. The second-order valence-electron chi connectivity index (χ2n) is 18.0. The third kappa shape index (κ3) is 5.53. The maximum Gasteiger partial charge on any atom is 0.310 e. The minimum atomic E-state index is -1.54. The van der Waals surface area contributed by atoms with Gasteiger partial charge in [-0.15, -0.1) is 0 Å². The Balaban J connectivity index is 1.22. The maximum absolute atomic E-state index is 12.9. The summed E-state index contributed by atoms with van der Waals surface area (Å²) in [4.78, 5) is 25.7. The molecule has 5 fully saturated rings. The summed E-state index contributed by atoms with van der Waals surface area (Å²) >= 11 is 0. The van der Waals surface area contributed by atoms with Crippen molar-refractivity contribution in [1.29, 1.82) is 0 Å². The average molecular weight is 660 g/mol. The lowest BCUT2D eigenvalue weighted by Gasteiger charge is -2.68. The van der Waals surface area contributed by atoms with Crippen molar-refractivity contribution in [1.82, 2.24) is 5.32 Å². The first-order chi connectivity index (χ1) is 22.0. The van der Waals surface area contributed by atoms with Crippen LogP contribution in [-0.2, 0) is 14.3 Å². The summed E-state index contributed by atoms with van der Waals surface area (Å²) in [6.45, 7) is 13.4. The Morgan fingerprint density at radius 3 is 2.28 bits per heavy atom. The van der Waals surface area contributed by atoms with Gasteiger partial charge in [0.25, 0.3) is 5.91 Å². The van der Waals surface area contributed by atoms with E-state index in [1.807, 2.05) is 20.8 Å². The molecule has 4 saturated carbocycles. The molecule has 0 aromatic carbocycles. The lowest BCUT2D eigenvalue weighted by atomic mass is 9.37. The number of aliphatic hydroxyl groups is 4. The van der Waals surface area contributed by atoms with Crippen molar-refractivity contribution in [3.05, 3.63) is 11.6 Å². The van der Waals surface area contributed by atoms with Gasteiger partial charge in [-0.05, 0) is 130 Å². The van der Waals surface area contributed by atoms with E-state index in [2.05, 4.69) is 32.2 Å². The molecular weight excluding hydrogens is 598 g/mol. The molecule has 266 valence electrons. The Morgan fingerprint density at radius 1 is 0.915 bits per heavy atom. The average Bonchev–Trinajstić information content (AvgIpc) is 3.00. The minimum Gasteiger partial charge on any atom is -0.481 e. The highest BCUT2D eigenvalue weighted by molar-refractivity contribution is 5.81. The van der Waals surface area contributed by atoms with Crippen LogP contribution < -0.4 is 5.32 Å². The second-order valence-corrected chi connectivity index (χ2v) is 18.0. The maximum atomic E-state index is 12.9. The molecule has 5 aliphatic carbocycles. The van der Waals surface area contributed by atoms with Crippen LogP contribution in [0.2, 0.25) is 0 Å². The van der Waals surface area contributed by atoms with Crippen LogP contribution in [0.3, 0.4) is 0 Å². The van der Waals surface area contributed by atoms with Gasteiger partial charge in [-0.2, -0.15) is 0 Å². The van der Waals surface area contributed by atoms with Gasteiger partial charge in [-0.3, -0.25) is 9.59 Å². The fourth-order valence-electron chi connectivity index (χ4n) is 12.3. The smallest absolute Gasteiger partial charge is 0.310 e. The van der Waals surface area contributed by atoms with Crippen molar-refractivity contribution in [3.63, 3.8) is 0 Å². The molecule has 0 aromatic rings. The number of rotatable bonds is 6. The molecule has 0 bridgehead atoms. The van der Waals surface area contributed by atoms with Gasteiger partial charge in [0.05, 0.1) is 17.1 Å². The van der Waals surface area contributed by atoms with Crippen molar-refractivity contribution < 1.29 is 39.9 Å². The van der Waals surface area contributed by atoms with E-state index >= 15 is 0 Å². The van der Waals surface area contributed by atoms with Crippen LogP contribution in [0, 0.1) is 57.7 Å². The molecule has 6 rings (SSSR count). The SMILES string of the molecule is CC(C)CNC(=O)C1OC(CC2CCC3(C)C4CC=C5C6CC(C)CCC6(C(=O)O)CCC5C4(C)CCC3[C@]2(C)O)C(O)C(O)C1O. The number of hydrogen-bond acceptors (Lipinski definition) is 7. The Hall–Kier alpha value is -1.52. The highest BCUT2D eigenvalue weighted by Crippen LogP contribution is 2.71. The van der Waals surface area contributed by atoms with E-state index < -0.39 is 53.4 Å². The van der Waals surface area contributed by atoms with Gasteiger partial charge in [0.15, 0.2) is 6.10 Å². The second kappa shape index (κ2) is 12.4. The van der Waals surface area contributed by atoms with Gasteiger partial charge >= 0.3 is 5.97 Å². The number of aliphatic carboxylic acids is 1. The monoisotopic (exact) mass is 659 g/mol. The van der Waals surface area contributed by atoms with Gasteiger partial charge in [-0.1, -0.05) is 46.3 Å². The topological polar surface area (TPSA) is 157 Å². The third-order valence-corrected chi connectivity index (χ3v) is 15.0. The van der Waals surface area contributed by atoms with Gasteiger partial charge in [0.1, 0.15) is 18.3 Å². The van der Waals surface area contributed by atoms with Gasteiger partial charge in [0, 0.05) is 6.54 Å². The summed E-state index contributed by atoms with van der Waals surface area (Å²) in [5, 5.41) is 58.0. The van der Waals surface area contributed by atoms with Crippen LogP contribution in [0.1, 0.15) is 112 Å². The van der Waals surface area contributed by atoms with Crippen LogP contribution in [0.4, 0.5) is 0 Å². The summed E-state index contributed by atoms with van der Waals surface area (Å²) in [6.07, 6.45) is 4.93. The molecule has 0 spiro atoms. The number of ether oxygens (including phenoxy) is 1. The fraction of sp³-hybridized carbons (Fsp3) is 0.895. The normalized spacial score (nSPS) is 51.1. The number of hydrogen-bond donors (Lipinski definition) is 6. The molecule has 1 aliphatic heterocycles. The molecule has 6 N–H and O–H groups in total. The first-order valence-corrected chi connectivity index (χ1v) is 18.6. The molecule has 1 saturated heterocycles. The first kappa shape index (κ1) is 35.3. The van der Waals surface area contributed by atoms with Gasteiger partial charge in [0.2, 0.25) is 0 Å². The van der Waals surface area contributed by atoms with Crippen LogP contribution in [0.15, 0.2) is 11.6 Å². The van der Waals surface area contributed by atoms with Crippen molar-refractivity contribution in [2.24, 2.45) is 57.7 Å². The Labute approximate surface area is 280 Å². The molecule has 0 radical (unpaired) electrons. The molecular formula is C38H61NO8. The van der Waals surface area contributed by atoms with E-state index in [1.165, 1.54) is 5.57 Å². The number of carbonyl (C=O) groups excluding carboxylic acids is 1. The van der Waals surface area contributed by atoms with Crippen molar-refractivity contribution >= 4 is 11.9 Å². The van der Waals surface area contributed by atoms with E-state index in [9.17, 15) is 35.1 Å². The lowest BCUT2D eigenvalue weighted by Crippen LogP contribution is -2.65. The van der Waals surface area contributed by atoms with Crippen LogP contribution in [0.5, 0.6) is 0 Å². The lowest BCUT2D eigenvalue weighted by molar-refractivity contribution is -0.240. The Morgan fingerprint density at radius 2 is 1.60 bits per heavy atom. The summed E-state index contributed by atoms with van der Waals surface area (Å²) < 4.78 is 6.04. The molecule has 6 aliphatic rings. The molecule has 9 nitrogen and oxygen atoms in total. The zero-order valence-corrected chi connectivity index (χ0v) is 29.5. The van der Waals surface area contributed by atoms with E-state index in [0.29, 0.717) is 24.3 Å². The fourth-order valence-corrected chi connectivity index (χ4v) is 12.3. The summed E-state index contributed by atoms with van der Waals surface area (Å²) in [5.41, 5.74) is -0.325. The number of amides is 1. The Kier molecular flexibility index (Phi) is 9.29. The zero-order chi connectivity index (χ0) is 34.3. The number of carbonyl (C=O) groups is 2. The van der Waals surface area contributed by atoms with E-state index in [4.69, 9.17) is 4.74 Å². The number of aliphatic hydroxyl groups excluding tert-OH is 3. The third-order valence-electron chi connectivity index (χ3n) is 15.0. The minimum absolute atomic E-state index is 0.0274. The van der Waals surface area contributed by atoms with Crippen LogP contribution in [-0.4, -0.2) is 80.1 Å². The van der Waals surface area contributed by atoms with Gasteiger partial charge in [-0.25, -0.2) is 0 Å². The largest absolute Gasteiger partial charge is 0.481 e. The van der Waals surface area contributed by atoms with Gasteiger partial charge < -0.3 is 35.6 Å². The molecule has 14 unspecified atom stereocenters. The molecule has 9 heteroatoms. The summed E-state index contributed by atoms with van der Waals surface area (Å²) in [6, 6.07) is 0. The highest BCUT2D eigenvalue weighted by Gasteiger charge is 2.66. The van der Waals surface area contributed by atoms with E-state index in [-0.39, 0.29) is 40.9 Å². The predicted molar refractivity (Wildman–Crippen MR) is 177 cm³/mol. The van der Waals surface area contributed by atoms with Crippen molar-refractivity contribution in [2.45, 2.75) is 148 Å². The molecule has 1 amide bonds. The number of carboxylic acid groups (broad SMARTS) is 1. The molecule has 47 heavy (non-hydrogen) atoms. The first-order valence-electron chi connectivity index (χ1n) is 18.6. The number of nitrogens with one attached hydrogen (secondary N) is 1. The van der Waals surface area contributed by atoms with Crippen molar-refractivity contribution in [3.8, 4) is 0 Å². The highest BCUT2D eigenvalue weighted by atomic mass is 16.5. The van der Waals surface area contributed by atoms with Crippen LogP contribution in [0.25, 0.3) is 0 Å². The van der Waals surface area contributed by atoms with E-state index in [1.54, 1.807) is 0 Å². The predicted octanol–water partition coefficient (Wildman–Crippen LogP) is 4.45. The standard InChI is InChI=1S/C38H61NO8/c1-20(2)19-39-33(43)32-31(42)30(41)29(40)26(47-32)18-22-10-13-36(5)27-8-7-23-24(35(27,4)14-12-28(36)37(22,6)46)11-16-38(34(44)45)15-9-21(3)17-25(23)38/h7,20-22,24-32,40-42,46H,8-19H2,1-6H3,(H,39,43)(H,44,45)/t21?,22?,24?,25?,26?,27?,28?,29?,30?,31?,32?,35?,36?,37-,38?/m1/s1. The number of fused-ring (bicyclic) bond motifs is 7. The molecule has 15 atom stereocenters. The van der Waals surface area contributed by atoms with E-state index in [0.717, 1.165) is 64.2 Å². The number of carboxylic acids is 1. The summed E-state index contributed by atoms with van der Waals surface area (Å²) in [7, 11) is 0. The van der Waals surface area contributed by atoms with Crippen LogP contribution >= 0.6 is 0 Å². The zero-order valence-electron chi connectivity index (χ0n) is 29.5. The molecule has 0 aromatic heterocycles.